The fraction of sp³-hybridized carbons (Fsp3) is 0.469. The highest BCUT2D eigenvalue weighted by Crippen LogP contribution is 2.61. The highest BCUT2D eigenvalue weighted by Gasteiger charge is 2.51. The summed E-state index contributed by atoms with van der Waals surface area (Å²) in [7, 11) is 0. The Morgan fingerprint density at radius 1 is 1.03 bits per heavy atom. The monoisotopic (exact) mass is 544 g/mol. The summed E-state index contributed by atoms with van der Waals surface area (Å²) in [5.41, 5.74) is 5.09. The molecule has 5 aliphatic rings. The lowest BCUT2D eigenvalue weighted by molar-refractivity contribution is -0.127. The highest BCUT2D eigenvalue weighted by molar-refractivity contribution is 8.18. The molecule has 4 aliphatic carbocycles. The van der Waals surface area contributed by atoms with Crippen molar-refractivity contribution >= 4 is 40.6 Å². The second kappa shape index (κ2) is 10.2. The van der Waals surface area contributed by atoms with E-state index >= 15 is 0 Å². The van der Waals surface area contributed by atoms with Crippen LogP contribution in [0.5, 0.6) is 5.75 Å². The fourth-order valence-electron chi connectivity index (χ4n) is 7.91. The lowest BCUT2D eigenvalue weighted by Crippen LogP contribution is -2.48. The van der Waals surface area contributed by atoms with Gasteiger partial charge in [-0.05, 0) is 141 Å². The van der Waals surface area contributed by atoms with Gasteiger partial charge >= 0.3 is 0 Å². The summed E-state index contributed by atoms with van der Waals surface area (Å²) in [6, 6.07) is 12.2. The molecule has 7 rings (SSSR count). The van der Waals surface area contributed by atoms with Crippen molar-refractivity contribution in [1.29, 1.82) is 0 Å². The normalized spacial score (nSPS) is 28.4. The Balaban J connectivity index is 1.23. The van der Waals surface area contributed by atoms with Crippen molar-refractivity contribution < 1.29 is 19.1 Å². The van der Waals surface area contributed by atoms with Crippen LogP contribution < -0.4 is 10.1 Å². The minimum atomic E-state index is -0.441. The lowest BCUT2D eigenvalue weighted by atomic mass is 9.48. The second-order valence-electron chi connectivity index (χ2n) is 12.1. The van der Waals surface area contributed by atoms with Gasteiger partial charge in [0.05, 0.1) is 11.5 Å². The van der Waals surface area contributed by atoms with Gasteiger partial charge in [0.2, 0.25) is 5.91 Å². The van der Waals surface area contributed by atoms with E-state index in [0.717, 1.165) is 51.1 Å². The van der Waals surface area contributed by atoms with Crippen molar-refractivity contribution in [2.24, 2.45) is 17.8 Å². The van der Waals surface area contributed by atoms with Crippen molar-refractivity contribution in [3.8, 4) is 5.75 Å². The molecule has 0 spiro atoms. The van der Waals surface area contributed by atoms with Crippen molar-refractivity contribution in [2.75, 3.05) is 18.5 Å². The number of carbonyl (C=O) groups is 3. The van der Waals surface area contributed by atoms with Crippen LogP contribution in [0.25, 0.3) is 6.08 Å². The molecule has 204 valence electrons. The number of nitrogens with zero attached hydrogens (tertiary/aromatic N) is 1. The summed E-state index contributed by atoms with van der Waals surface area (Å²) in [6.45, 7) is 6.05. The van der Waals surface area contributed by atoms with Crippen LogP contribution in [0.2, 0.25) is 0 Å². The molecule has 4 bridgehead atoms. The third kappa shape index (κ3) is 5.13. The molecule has 2 aromatic rings. The van der Waals surface area contributed by atoms with Crippen molar-refractivity contribution in [3.63, 3.8) is 0 Å². The Labute approximate surface area is 234 Å². The van der Waals surface area contributed by atoms with Crippen LogP contribution in [-0.4, -0.2) is 35.1 Å². The first kappa shape index (κ1) is 26.2. The van der Waals surface area contributed by atoms with E-state index in [-0.39, 0.29) is 12.0 Å². The average molecular weight is 545 g/mol. The molecule has 1 heterocycles. The fourth-order valence-corrected chi connectivity index (χ4v) is 8.74. The molecule has 1 saturated heterocycles. The van der Waals surface area contributed by atoms with E-state index in [1.807, 2.05) is 45.0 Å². The molecule has 0 radical (unpaired) electrons. The van der Waals surface area contributed by atoms with Crippen LogP contribution in [0.1, 0.15) is 67.7 Å². The van der Waals surface area contributed by atoms with Gasteiger partial charge in [-0.25, -0.2) is 0 Å². The number of rotatable bonds is 7. The first-order valence-electron chi connectivity index (χ1n) is 14.1. The Morgan fingerprint density at radius 3 is 2.28 bits per heavy atom. The third-order valence-corrected chi connectivity index (χ3v) is 9.83. The van der Waals surface area contributed by atoms with Crippen LogP contribution in [0.4, 0.5) is 10.5 Å². The number of imide groups is 1. The molecule has 0 aromatic heterocycles. The Kier molecular flexibility index (Phi) is 6.82. The summed E-state index contributed by atoms with van der Waals surface area (Å²) in [5.74, 6) is 2.36. The summed E-state index contributed by atoms with van der Waals surface area (Å²) < 4.78 is 5.93. The van der Waals surface area contributed by atoms with E-state index in [2.05, 4.69) is 17.4 Å². The number of hydrogen-bond donors (Lipinski definition) is 1. The van der Waals surface area contributed by atoms with Gasteiger partial charge in [0.1, 0.15) is 12.3 Å². The summed E-state index contributed by atoms with van der Waals surface area (Å²) in [4.78, 5) is 40.2. The molecule has 2 aromatic carbocycles. The first-order chi connectivity index (χ1) is 18.7. The molecule has 3 amide bonds. The molecule has 1 aliphatic heterocycles. The second-order valence-corrected chi connectivity index (χ2v) is 13.1. The Morgan fingerprint density at radius 2 is 1.67 bits per heavy atom. The number of benzene rings is 2. The van der Waals surface area contributed by atoms with Crippen LogP contribution in [-0.2, 0) is 15.0 Å². The quantitative estimate of drug-likeness (QED) is 0.386. The standard InChI is InChI=1S/C32H36N2O4S/c1-4-38-27-6-5-25(32-15-21-10-22(16-32)12-23(11-21)17-32)13-24(27)14-28-30(36)34(31(37)39-28)18-29(35)33-26-8-19(2)7-20(3)9-26/h5-9,13-14,21-23H,4,10-12,15-18H2,1-3H3,(H,33,35)/b28-14+. The van der Waals surface area contributed by atoms with Gasteiger partial charge in [0.25, 0.3) is 11.1 Å². The molecular formula is C32H36N2O4S. The predicted molar refractivity (Wildman–Crippen MR) is 155 cm³/mol. The molecule has 0 unspecified atom stereocenters. The molecule has 7 heteroatoms. The number of nitrogens with one attached hydrogen (secondary N) is 1. The third-order valence-electron chi connectivity index (χ3n) is 8.93. The number of thioether (sulfide) groups is 1. The summed E-state index contributed by atoms with van der Waals surface area (Å²) >= 11 is 0.885. The molecule has 6 nitrogen and oxygen atoms in total. The molecule has 4 saturated carbocycles. The zero-order valence-corrected chi connectivity index (χ0v) is 23.7. The van der Waals surface area contributed by atoms with E-state index < -0.39 is 17.1 Å². The van der Waals surface area contributed by atoms with Crippen LogP contribution in [0.15, 0.2) is 41.3 Å². The number of amides is 3. The largest absolute Gasteiger partial charge is 0.493 e. The van der Waals surface area contributed by atoms with E-state index in [0.29, 0.717) is 22.9 Å². The maximum atomic E-state index is 13.3. The highest BCUT2D eigenvalue weighted by atomic mass is 32.2. The van der Waals surface area contributed by atoms with Crippen molar-refractivity contribution in [1.82, 2.24) is 4.90 Å². The van der Waals surface area contributed by atoms with Gasteiger partial charge in [-0.15, -0.1) is 0 Å². The minimum absolute atomic E-state index is 0.216. The maximum Gasteiger partial charge on any atom is 0.294 e. The SMILES string of the molecule is CCOc1ccc(C23CC4CC(CC(C4)C2)C3)cc1/C=C1/SC(=O)N(CC(=O)Nc2cc(C)cc(C)c2)C1=O. The zero-order valence-electron chi connectivity index (χ0n) is 22.9. The van der Waals surface area contributed by atoms with Crippen LogP contribution in [0, 0.1) is 31.6 Å². The smallest absolute Gasteiger partial charge is 0.294 e. The van der Waals surface area contributed by atoms with E-state index in [9.17, 15) is 14.4 Å². The first-order valence-corrected chi connectivity index (χ1v) is 14.9. The summed E-state index contributed by atoms with van der Waals surface area (Å²) in [5, 5.41) is 2.39. The molecule has 1 N–H and O–H groups in total. The number of ether oxygens (including phenoxy) is 1. The number of aryl methyl sites for hydroxylation is 2. The predicted octanol–water partition coefficient (Wildman–Crippen LogP) is 6.84. The van der Waals surface area contributed by atoms with E-state index in [1.54, 1.807) is 6.08 Å². The number of hydrogen-bond acceptors (Lipinski definition) is 5. The van der Waals surface area contributed by atoms with Gasteiger partial charge in [-0.2, -0.15) is 0 Å². The van der Waals surface area contributed by atoms with Crippen LogP contribution >= 0.6 is 11.8 Å². The van der Waals surface area contributed by atoms with Gasteiger partial charge in [-0.1, -0.05) is 12.1 Å². The van der Waals surface area contributed by atoms with Crippen molar-refractivity contribution in [2.45, 2.75) is 64.7 Å². The summed E-state index contributed by atoms with van der Waals surface area (Å²) in [6.07, 6.45) is 9.67. The molecule has 39 heavy (non-hydrogen) atoms. The van der Waals surface area contributed by atoms with Gasteiger partial charge in [0.15, 0.2) is 0 Å². The van der Waals surface area contributed by atoms with Gasteiger partial charge in [0, 0.05) is 11.3 Å². The minimum Gasteiger partial charge on any atom is -0.493 e. The molecule has 5 fully saturated rings. The topological polar surface area (TPSA) is 75.7 Å². The lowest BCUT2D eigenvalue weighted by Gasteiger charge is -2.57. The maximum absolute atomic E-state index is 13.3. The van der Waals surface area contributed by atoms with E-state index in [4.69, 9.17) is 4.74 Å². The van der Waals surface area contributed by atoms with Gasteiger partial charge in [-0.3, -0.25) is 19.3 Å². The Hall–Kier alpha value is -3.06. The average Bonchev–Trinajstić information content (AvgIpc) is 3.11. The molecular weight excluding hydrogens is 508 g/mol. The van der Waals surface area contributed by atoms with Crippen LogP contribution in [0.3, 0.4) is 0 Å². The van der Waals surface area contributed by atoms with E-state index in [1.165, 1.54) is 44.1 Å². The van der Waals surface area contributed by atoms with Gasteiger partial charge < -0.3 is 10.1 Å². The Bertz CT molecular complexity index is 1320. The van der Waals surface area contributed by atoms with Crippen molar-refractivity contribution in [3.05, 3.63) is 63.6 Å². The number of carbonyl (C=O) groups excluding carboxylic acids is 3. The molecule has 0 atom stereocenters. The zero-order chi connectivity index (χ0) is 27.3. The number of anilines is 1.